The van der Waals surface area contributed by atoms with E-state index in [9.17, 15) is 4.79 Å². The van der Waals surface area contributed by atoms with Gasteiger partial charge in [-0.1, -0.05) is 34.1 Å². The van der Waals surface area contributed by atoms with Gasteiger partial charge in [-0.3, -0.25) is 4.79 Å². The van der Waals surface area contributed by atoms with E-state index < -0.39 is 0 Å². The number of rotatable bonds is 3. The minimum Gasteiger partial charge on any atom is -0.384 e. The van der Waals surface area contributed by atoms with Crippen molar-refractivity contribution in [1.29, 1.82) is 0 Å². The minimum atomic E-state index is -0.0803. The minimum absolute atomic E-state index is 0.0803. The SMILES string of the molecule is CN(Cc1ccccc1Br)C(=O)c1ccc(N)nc1. The summed E-state index contributed by atoms with van der Waals surface area (Å²) in [4.78, 5) is 17.8. The van der Waals surface area contributed by atoms with Crippen molar-refractivity contribution in [2.24, 2.45) is 0 Å². The van der Waals surface area contributed by atoms with E-state index in [1.807, 2.05) is 24.3 Å². The van der Waals surface area contributed by atoms with Gasteiger partial charge in [0.1, 0.15) is 5.82 Å². The van der Waals surface area contributed by atoms with Crippen LogP contribution in [-0.2, 0) is 6.54 Å². The van der Waals surface area contributed by atoms with Crippen molar-refractivity contribution in [2.45, 2.75) is 6.54 Å². The van der Waals surface area contributed by atoms with Gasteiger partial charge in [-0.15, -0.1) is 0 Å². The van der Waals surface area contributed by atoms with E-state index in [1.165, 1.54) is 6.20 Å². The number of hydrogen-bond donors (Lipinski definition) is 1. The molecule has 0 fully saturated rings. The second-order valence-corrected chi connectivity index (χ2v) is 5.08. The Balaban J connectivity index is 2.12. The zero-order valence-corrected chi connectivity index (χ0v) is 12.1. The topological polar surface area (TPSA) is 59.2 Å². The molecule has 0 saturated heterocycles. The molecule has 0 saturated carbocycles. The summed E-state index contributed by atoms with van der Waals surface area (Å²) < 4.78 is 0.991. The third-order valence-electron chi connectivity index (χ3n) is 2.75. The lowest BCUT2D eigenvalue weighted by molar-refractivity contribution is 0.0784. The predicted octanol–water partition coefficient (Wildman–Crippen LogP) is 2.70. The third kappa shape index (κ3) is 3.32. The van der Waals surface area contributed by atoms with Crippen LogP contribution in [0.5, 0.6) is 0 Å². The monoisotopic (exact) mass is 319 g/mol. The van der Waals surface area contributed by atoms with Crippen LogP contribution in [0.1, 0.15) is 15.9 Å². The fraction of sp³-hybridized carbons (Fsp3) is 0.143. The molecule has 2 rings (SSSR count). The number of nitrogens with zero attached hydrogens (tertiary/aromatic N) is 2. The number of carbonyl (C=O) groups excluding carboxylic acids is 1. The molecule has 1 aromatic carbocycles. The molecule has 0 spiro atoms. The quantitative estimate of drug-likeness (QED) is 0.946. The molecule has 0 bridgehead atoms. The largest absolute Gasteiger partial charge is 0.384 e. The average molecular weight is 320 g/mol. The van der Waals surface area contributed by atoms with Gasteiger partial charge in [-0.25, -0.2) is 4.98 Å². The molecule has 0 aliphatic heterocycles. The number of benzene rings is 1. The van der Waals surface area contributed by atoms with Crippen LogP contribution in [0.2, 0.25) is 0 Å². The van der Waals surface area contributed by atoms with Gasteiger partial charge in [0.05, 0.1) is 5.56 Å². The van der Waals surface area contributed by atoms with Crippen LogP contribution in [0, 0.1) is 0 Å². The molecular formula is C14H14BrN3O. The molecule has 1 heterocycles. The number of aromatic nitrogens is 1. The zero-order chi connectivity index (χ0) is 13.8. The van der Waals surface area contributed by atoms with E-state index in [1.54, 1.807) is 24.1 Å². The fourth-order valence-corrected chi connectivity index (χ4v) is 2.12. The highest BCUT2D eigenvalue weighted by molar-refractivity contribution is 9.10. The summed E-state index contributed by atoms with van der Waals surface area (Å²) in [5, 5.41) is 0. The number of halogens is 1. The number of pyridine rings is 1. The summed E-state index contributed by atoms with van der Waals surface area (Å²) in [6, 6.07) is 11.1. The van der Waals surface area contributed by atoms with Gasteiger partial charge < -0.3 is 10.6 Å². The van der Waals surface area contributed by atoms with E-state index >= 15 is 0 Å². The third-order valence-corrected chi connectivity index (χ3v) is 3.52. The van der Waals surface area contributed by atoms with E-state index in [-0.39, 0.29) is 5.91 Å². The molecule has 2 aromatic rings. The van der Waals surface area contributed by atoms with Crippen LogP contribution >= 0.6 is 15.9 Å². The summed E-state index contributed by atoms with van der Waals surface area (Å²) in [7, 11) is 1.76. The number of nitrogens with two attached hydrogens (primary N) is 1. The Labute approximate surface area is 120 Å². The van der Waals surface area contributed by atoms with Crippen molar-refractivity contribution in [3.8, 4) is 0 Å². The summed E-state index contributed by atoms with van der Waals surface area (Å²) in [5.74, 6) is 0.327. The van der Waals surface area contributed by atoms with Gasteiger partial charge in [0.2, 0.25) is 0 Å². The van der Waals surface area contributed by atoms with Crippen LogP contribution in [0.4, 0.5) is 5.82 Å². The molecule has 19 heavy (non-hydrogen) atoms. The average Bonchev–Trinajstić information content (AvgIpc) is 2.41. The smallest absolute Gasteiger partial charge is 0.255 e. The summed E-state index contributed by atoms with van der Waals surface area (Å²) in [6.45, 7) is 0.532. The molecule has 2 N–H and O–H groups in total. The normalized spacial score (nSPS) is 10.2. The van der Waals surface area contributed by atoms with Crippen molar-refractivity contribution in [3.05, 3.63) is 58.2 Å². The Morgan fingerprint density at radius 3 is 2.68 bits per heavy atom. The first-order valence-electron chi connectivity index (χ1n) is 5.78. The summed E-state index contributed by atoms with van der Waals surface area (Å²) in [5.41, 5.74) is 7.09. The Morgan fingerprint density at radius 1 is 1.32 bits per heavy atom. The second kappa shape index (κ2) is 5.84. The summed E-state index contributed by atoms with van der Waals surface area (Å²) in [6.07, 6.45) is 1.49. The molecule has 0 radical (unpaired) electrons. The molecule has 98 valence electrons. The number of nitrogen functional groups attached to an aromatic ring is 1. The standard InChI is InChI=1S/C14H14BrN3O/c1-18(9-11-4-2-3-5-12(11)15)14(19)10-6-7-13(16)17-8-10/h2-8H,9H2,1H3,(H2,16,17). The maximum absolute atomic E-state index is 12.2. The molecular weight excluding hydrogens is 306 g/mol. The van der Waals surface area contributed by atoms with Crippen LogP contribution in [0.15, 0.2) is 47.1 Å². The lowest BCUT2D eigenvalue weighted by Crippen LogP contribution is -2.26. The van der Waals surface area contributed by atoms with Crippen LogP contribution < -0.4 is 5.73 Å². The van der Waals surface area contributed by atoms with Gasteiger partial charge in [-0.05, 0) is 23.8 Å². The molecule has 0 unspecified atom stereocenters. The highest BCUT2D eigenvalue weighted by atomic mass is 79.9. The maximum atomic E-state index is 12.2. The summed E-state index contributed by atoms with van der Waals surface area (Å²) >= 11 is 3.47. The highest BCUT2D eigenvalue weighted by Gasteiger charge is 2.13. The fourth-order valence-electron chi connectivity index (χ4n) is 1.71. The Morgan fingerprint density at radius 2 is 2.05 bits per heavy atom. The maximum Gasteiger partial charge on any atom is 0.255 e. The van der Waals surface area contributed by atoms with Crippen molar-refractivity contribution < 1.29 is 4.79 Å². The van der Waals surface area contributed by atoms with Crippen molar-refractivity contribution >= 4 is 27.7 Å². The van der Waals surface area contributed by atoms with Gasteiger partial charge in [0, 0.05) is 24.3 Å². The lowest BCUT2D eigenvalue weighted by atomic mass is 10.2. The number of anilines is 1. The Kier molecular flexibility index (Phi) is 4.16. The van der Waals surface area contributed by atoms with E-state index in [2.05, 4.69) is 20.9 Å². The molecule has 4 nitrogen and oxygen atoms in total. The second-order valence-electron chi connectivity index (χ2n) is 4.22. The van der Waals surface area contributed by atoms with Gasteiger partial charge in [0.25, 0.3) is 5.91 Å². The first-order chi connectivity index (χ1) is 9.08. The number of carbonyl (C=O) groups is 1. The molecule has 1 amide bonds. The van der Waals surface area contributed by atoms with E-state index in [0.717, 1.165) is 10.0 Å². The predicted molar refractivity (Wildman–Crippen MR) is 78.6 cm³/mol. The van der Waals surface area contributed by atoms with Crippen molar-refractivity contribution in [3.63, 3.8) is 0 Å². The van der Waals surface area contributed by atoms with E-state index in [4.69, 9.17) is 5.73 Å². The van der Waals surface area contributed by atoms with Crippen molar-refractivity contribution in [1.82, 2.24) is 9.88 Å². The van der Waals surface area contributed by atoms with Gasteiger partial charge >= 0.3 is 0 Å². The zero-order valence-electron chi connectivity index (χ0n) is 10.5. The molecule has 1 aromatic heterocycles. The van der Waals surface area contributed by atoms with Crippen LogP contribution in [0.3, 0.4) is 0 Å². The Bertz CT molecular complexity index is 583. The molecule has 0 atom stereocenters. The van der Waals surface area contributed by atoms with Crippen LogP contribution in [-0.4, -0.2) is 22.8 Å². The van der Waals surface area contributed by atoms with Gasteiger partial charge in [-0.2, -0.15) is 0 Å². The first-order valence-corrected chi connectivity index (χ1v) is 6.57. The van der Waals surface area contributed by atoms with Crippen molar-refractivity contribution in [2.75, 3.05) is 12.8 Å². The van der Waals surface area contributed by atoms with Crippen LogP contribution in [0.25, 0.3) is 0 Å². The molecule has 0 aliphatic rings. The highest BCUT2D eigenvalue weighted by Crippen LogP contribution is 2.18. The number of amides is 1. The Hall–Kier alpha value is -1.88. The first kappa shape index (κ1) is 13.5. The molecule has 5 heteroatoms. The lowest BCUT2D eigenvalue weighted by Gasteiger charge is -2.18. The number of hydrogen-bond acceptors (Lipinski definition) is 3. The molecule has 0 aliphatic carbocycles. The van der Waals surface area contributed by atoms with E-state index in [0.29, 0.717) is 17.9 Å². The van der Waals surface area contributed by atoms with Gasteiger partial charge in [0.15, 0.2) is 0 Å².